The Hall–Kier alpha value is -0.760. The fourth-order valence-electron chi connectivity index (χ4n) is 2.34. The van der Waals surface area contributed by atoms with Crippen molar-refractivity contribution in [3.63, 3.8) is 0 Å². The van der Waals surface area contributed by atoms with Crippen LogP contribution in [-0.2, 0) is 12.8 Å². The third kappa shape index (κ3) is 1.78. The van der Waals surface area contributed by atoms with E-state index in [9.17, 15) is 0 Å². The van der Waals surface area contributed by atoms with Crippen molar-refractivity contribution >= 4 is 0 Å². The average Bonchev–Trinajstić information content (AvgIpc) is 2.44. The molecule has 1 heterocycles. The first-order valence-corrected chi connectivity index (χ1v) is 5.17. The summed E-state index contributed by atoms with van der Waals surface area (Å²) in [6, 6.07) is 2.29. The minimum atomic E-state index is 0.815. The van der Waals surface area contributed by atoms with Crippen molar-refractivity contribution in [1.82, 2.24) is 4.98 Å². The lowest BCUT2D eigenvalue weighted by atomic mass is 9.86. The molecule has 0 radical (unpaired) electrons. The highest BCUT2D eigenvalue weighted by molar-refractivity contribution is 5.27. The molecule has 1 aromatic heterocycles. The molecular weight excluding hydrogens is 160 g/mol. The third-order valence-electron chi connectivity index (χ3n) is 3.02. The number of rotatable bonds is 2. The Balaban J connectivity index is 2.10. The molecule has 1 atom stereocenters. The minimum Gasteiger partial charge on any atom is -0.362 e. The van der Waals surface area contributed by atoms with E-state index in [2.05, 4.69) is 18.0 Å². The number of H-pyrrole nitrogens is 1. The SMILES string of the molecule is Cc1cc2c([nH]1)CC(CCN)CC2. The van der Waals surface area contributed by atoms with Gasteiger partial charge in [0.1, 0.15) is 0 Å². The Morgan fingerprint density at radius 2 is 2.46 bits per heavy atom. The second kappa shape index (κ2) is 3.54. The van der Waals surface area contributed by atoms with E-state index in [1.165, 1.54) is 42.6 Å². The van der Waals surface area contributed by atoms with Crippen molar-refractivity contribution in [1.29, 1.82) is 0 Å². The number of nitrogens with two attached hydrogens (primary N) is 1. The maximum Gasteiger partial charge on any atom is 0.0184 e. The van der Waals surface area contributed by atoms with Gasteiger partial charge in [0.25, 0.3) is 0 Å². The number of aromatic nitrogens is 1. The summed E-state index contributed by atoms with van der Waals surface area (Å²) >= 11 is 0. The van der Waals surface area contributed by atoms with Crippen LogP contribution in [0, 0.1) is 12.8 Å². The molecule has 0 amide bonds. The molecule has 1 aliphatic carbocycles. The summed E-state index contributed by atoms with van der Waals surface area (Å²) in [6.45, 7) is 2.97. The molecule has 3 N–H and O–H groups in total. The summed E-state index contributed by atoms with van der Waals surface area (Å²) < 4.78 is 0. The molecule has 72 valence electrons. The number of hydrogen-bond acceptors (Lipinski definition) is 1. The smallest absolute Gasteiger partial charge is 0.0184 e. The van der Waals surface area contributed by atoms with Crippen molar-refractivity contribution in [2.24, 2.45) is 11.7 Å². The van der Waals surface area contributed by atoms with Crippen LogP contribution in [0.2, 0.25) is 0 Å². The second-order valence-electron chi connectivity index (χ2n) is 4.14. The van der Waals surface area contributed by atoms with Crippen LogP contribution in [0.1, 0.15) is 29.8 Å². The van der Waals surface area contributed by atoms with Crippen LogP contribution in [0.5, 0.6) is 0 Å². The van der Waals surface area contributed by atoms with Crippen molar-refractivity contribution < 1.29 is 0 Å². The number of aromatic amines is 1. The van der Waals surface area contributed by atoms with Crippen LogP contribution in [0.25, 0.3) is 0 Å². The second-order valence-corrected chi connectivity index (χ2v) is 4.14. The Morgan fingerprint density at radius 3 is 3.23 bits per heavy atom. The van der Waals surface area contributed by atoms with Gasteiger partial charge in [-0.3, -0.25) is 0 Å². The highest BCUT2D eigenvalue weighted by Crippen LogP contribution is 2.27. The van der Waals surface area contributed by atoms with Gasteiger partial charge in [-0.2, -0.15) is 0 Å². The first-order valence-electron chi connectivity index (χ1n) is 5.17. The largest absolute Gasteiger partial charge is 0.362 e. The molecule has 0 fully saturated rings. The lowest BCUT2D eigenvalue weighted by molar-refractivity contribution is 0.429. The standard InChI is InChI=1S/C11H18N2/c1-8-6-10-3-2-9(4-5-12)7-11(10)13-8/h6,9,13H,2-5,7,12H2,1H3. The summed E-state index contributed by atoms with van der Waals surface area (Å²) in [4.78, 5) is 3.44. The Bertz CT molecular complexity index is 288. The Labute approximate surface area is 79.5 Å². The van der Waals surface area contributed by atoms with E-state index in [0.717, 1.165) is 12.5 Å². The lowest BCUT2D eigenvalue weighted by Gasteiger charge is -2.21. The van der Waals surface area contributed by atoms with Crippen LogP contribution in [0.4, 0.5) is 0 Å². The average molecular weight is 178 g/mol. The number of hydrogen-bond donors (Lipinski definition) is 2. The predicted molar refractivity (Wildman–Crippen MR) is 54.7 cm³/mol. The monoisotopic (exact) mass is 178 g/mol. The summed E-state index contributed by atoms with van der Waals surface area (Å²) in [5.41, 5.74) is 9.87. The summed E-state index contributed by atoms with van der Waals surface area (Å²) in [6.07, 6.45) is 4.95. The maximum absolute atomic E-state index is 5.57. The maximum atomic E-state index is 5.57. The molecule has 0 spiro atoms. The summed E-state index contributed by atoms with van der Waals surface area (Å²) in [5, 5.41) is 0. The highest BCUT2D eigenvalue weighted by atomic mass is 14.7. The van der Waals surface area contributed by atoms with Crippen LogP contribution in [0.3, 0.4) is 0 Å². The molecule has 2 rings (SSSR count). The molecule has 0 bridgehead atoms. The van der Waals surface area contributed by atoms with E-state index in [1.54, 1.807) is 0 Å². The van der Waals surface area contributed by atoms with E-state index in [4.69, 9.17) is 5.73 Å². The van der Waals surface area contributed by atoms with E-state index < -0.39 is 0 Å². The van der Waals surface area contributed by atoms with Crippen molar-refractivity contribution in [2.45, 2.75) is 32.6 Å². The van der Waals surface area contributed by atoms with Gasteiger partial charge >= 0.3 is 0 Å². The van der Waals surface area contributed by atoms with Crippen molar-refractivity contribution in [2.75, 3.05) is 6.54 Å². The quantitative estimate of drug-likeness (QED) is 0.712. The molecule has 1 aromatic rings. The lowest BCUT2D eigenvalue weighted by Crippen LogP contribution is -2.17. The van der Waals surface area contributed by atoms with Gasteiger partial charge in [0.2, 0.25) is 0 Å². The first kappa shape index (κ1) is 8.82. The molecule has 0 saturated carbocycles. The number of nitrogens with one attached hydrogen (secondary N) is 1. The molecule has 13 heavy (non-hydrogen) atoms. The Kier molecular flexibility index (Phi) is 2.40. The normalized spacial score (nSPS) is 21.5. The predicted octanol–water partition coefficient (Wildman–Crippen LogP) is 1.78. The fraction of sp³-hybridized carbons (Fsp3) is 0.636. The zero-order valence-electron chi connectivity index (χ0n) is 8.27. The molecule has 1 aliphatic rings. The van der Waals surface area contributed by atoms with Gasteiger partial charge < -0.3 is 10.7 Å². The van der Waals surface area contributed by atoms with Crippen LogP contribution >= 0.6 is 0 Å². The third-order valence-corrected chi connectivity index (χ3v) is 3.02. The highest BCUT2D eigenvalue weighted by Gasteiger charge is 2.19. The van der Waals surface area contributed by atoms with Crippen LogP contribution < -0.4 is 5.73 Å². The number of aryl methyl sites for hydroxylation is 2. The van der Waals surface area contributed by atoms with Gasteiger partial charge in [0.05, 0.1) is 0 Å². The number of fused-ring (bicyclic) bond motifs is 1. The van der Waals surface area contributed by atoms with Gasteiger partial charge in [0, 0.05) is 11.4 Å². The van der Waals surface area contributed by atoms with E-state index in [0.29, 0.717) is 0 Å². The van der Waals surface area contributed by atoms with E-state index in [-0.39, 0.29) is 0 Å². The zero-order valence-corrected chi connectivity index (χ0v) is 8.27. The van der Waals surface area contributed by atoms with E-state index in [1.807, 2.05) is 0 Å². The van der Waals surface area contributed by atoms with Crippen LogP contribution in [0.15, 0.2) is 6.07 Å². The Morgan fingerprint density at radius 1 is 1.62 bits per heavy atom. The molecule has 2 nitrogen and oxygen atoms in total. The van der Waals surface area contributed by atoms with Gasteiger partial charge in [-0.05, 0) is 56.7 Å². The summed E-state index contributed by atoms with van der Waals surface area (Å²) in [7, 11) is 0. The van der Waals surface area contributed by atoms with Gasteiger partial charge in [-0.15, -0.1) is 0 Å². The van der Waals surface area contributed by atoms with Gasteiger partial charge in [-0.25, -0.2) is 0 Å². The molecule has 2 heteroatoms. The van der Waals surface area contributed by atoms with Gasteiger partial charge in [-0.1, -0.05) is 0 Å². The van der Waals surface area contributed by atoms with Gasteiger partial charge in [0.15, 0.2) is 0 Å². The zero-order chi connectivity index (χ0) is 9.26. The van der Waals surface area contributed by atoms with Crippen LogP contribution in [-0.4, -0.2) is 11.5 Å². The molecule has 1 unspecified atom stereocenters. The van der Waals surface area contributed by atoms with E-state index >= 15 is 0 Å². The molecule has 0 aliphatic heterocycles. The molecular formula is C11H18N2. The molecule has 0 saturated heterocycles. The topological polar surface area (TPSA) is 41.8 Å². The summed E-state index contributed by atoms with van der Waals surface area (Å²) in [5.74, 6) is 0.815. The fourth-order valence-corrected chi connectivity index (χ4v) is 2.34. The minimum absolute atomic E-state index is 0.815. The van der Waals surface area contributed by atoms with Crippen molar-refractivity contribution in [3.05, 3.63) is 23.0 Å². The first-order chi connectivity index (χ1) is 6.29. The van der Waals surface area contributed by atoms with Crippen molar-refractivity contribution in [3.8, 4) is 0 Å². The molecule has 0 aromatic carbocycles.